The highest BCUT2D eigenvalue weighted by Crippen LogP contribution is 2.38. The molecule has 3 nitrogen and oxygen atoms in total. The summed E-state index contributed by atoms with van der Waals surface area (Å²) in [6, 6.07) is 2.81. The summed E-state index contributed by atoms with van der Waals surface area (Å²) in [7, 11) is 0. The molecule has 1 saturated carbocycles. The summed E-state index contributed by atoms with van der Waals surface area (Å²) < 4.78 is 3.58. The molecule has 1 aliphatic carbocycles. The number of hydrogen-bond donors (Lipinski definition) is 0. The first kappa shape index (κ1) is 12.5. The van der Waals surface area contributed by atoms with Gasteiger partial charge in [-0.15, -0.1) is 11.3 Å². The van der Waals surface area contributed by atoms with Crippen LogP contribution in [-0.2, 0) is 0 Å². The quantitative estimate of drug-likeness (QED) is 0.818. The van der Waals surface area contributed by atoms with Crippen molar-refractivity contribution >= 4 is 27.3 Å². The summed E-state index contributed by atoms with van der Waals surface area (Å²) in [4.78, 5) is 15.5. The molecule has 0 unspecified atom stereocenters. The number of likely N-dealkylation sites (tertiary alicyclic amines) is 1. The van der Waals surface area contributed by atoms with E-state index in [4.69, 9.17) is 0 Å². The third kappa shape index (κ3) is 2.26. The van der Waals surface area contributed by atoms with Gasteiger partial charge in [-0.1, -0.05) is 12.8 Å². The topological polar surface area (TPSA) is 25.2 Å². The van der Waals surface area contributed by atoms with Gasteiger partial charge in [-0.05, 0) is 31.7 Å². The zero-order valence-electron chi connectivity index (χ0n) is 11.7. The monoisotopic (exact) mass is 288 g/mol. The predicted molar refractivity (Wildman–Crippen MR) is 82.5 cm³/mol. The summed E-state index contributed by atoms with van der Waals surface area (Å²) in [6.07, 6.45) is 11.9. The molecule has 20 heavy (non-hydrogen) atoms. The van der Waals surface area contributed by atoms with Crippen LogP contribution in [0, 0.1) is 0 Å². The van der Waals surface area contributed by atoms with Gasteiger partial charge in [0, 0.05) is 36.9 Å². The van der Waals surface area contributed by atoms with Crippen LogP contribution < -0.4 is 0 Å². The van der Waals surface area contributed by atoms with Crippen molar-refractivity contribution < 1.29 is 4.79 Å². The fraction of sp³-hybridized carbons (Fsp3) is 0.562. The van der Waals surface area contributed by atoms with Crippen LogP contribution in [-0.4, -0.2) is 28.5 Å². The maximum absolute atomic E-state index is 12.6. The van der Waals surface area contributed by atoms with Crippen molar-refractivity contribution in [3.63, 3.8) is 0 Å². The van der Waals surface area contributed by atoms with E-state index in [1.165, 1.54) is 35.8 Å². The van der Waals surface area contributed by atoms with E-state index in [0.717, 1.165) is 36.9 Å². The highest BCUT2D eigenvalue weighted by molar-refractivity contribution is 7.20. The molecule has 1 aliphatic heterocycles. The third-order valence-electron chi connectivity index (χ3n) is 4.42. The van der Waals surface area contributed by atoms with Crippen LogP contribution in [0.1, 0.15) is 54.2 Å². The molecule has 0 aromatic carbocycles. The van der Waals surface area contributed by atoms with Crippen LogP contribution in [0.5, 0.6) is 0 Å². The number of carbonyl (C=O) groups is 1. The first-order valence-corrected chi connectivity index (χ1v) is 8.53. The van der Waals surface area contributed by atoms with Gasteiger partial charge in [0.05, 0.1) is 9.58 Å². The lowest BCUT2D eigenvalue weighted by Gasteiger charge is -2.19. The Morgan fingerprint density at radius 3 is 2.50 bits per heavy atom. The number of nitrogens with zero attached hydrogens (tertiary/aromatic N) is 2. The molecule has 0 atom stereocenters. The van der Waals surface area contributed by atoms with Gasteiger partial charge in [0.25, 0.3) is 5.91 Å². The van der Waals surface area contributed by atoms with Gasteiger partial charge in [0.15, 0.2) is 0 Å². The molecule has 0 spiro atoms. The molecule has 1 saturated heterocycles. The normalized spacial score (nSPS) is 20.3. The molecule has 2 fully saturated rings. The lowest BCUT2D eigenvalue weighted by molar-refractivity contribution is 0.0766. The van der Waals surface area contributed by atoms with Gasteiger partial charge >= 0.3 is 0 Å². The van der Waals surface area contributed by atoms with Crippen molar-refractivity contribution in [2.45, 2.75) is 44.6 Å². The van der Waals surface area contributed by atoms with E-state index in [-0.39, 0.29) is 5.91 Å². The summed E-state index contributed by atoms with van der Waals surface area (Å²) in [5, 5.41) is 1.24. The second-order valence-electron chi connectivity index (χ2n) is 6.07. The molecule has 4 rings (SSSR count). The van der Waals surface area contributed by atoms with Crippen LogP contribution >= 0.6 is 11.3 Å². The average molecular weight is 288 g/mol. The van der Waals surface area contributed by atoms with Crippen LogP contribution in [0.15, 0.2) is 18.5 Å². The highest BCUT2D eigenvalue weighted by Gasteiger charge is 2.25. The Hall–Kier alpha value is -1.29. The average Bonchev–Trinajstić information content (AvgIpc) is 3.17. The number of fused-ring (bicyclic) bond motifs is 1. The number of amides is 1. The van der Waals surface area contributed by atoms with Gasteiger partial charge in [0.2, 0.25) is 0 Å². The molecule has 0 radical (unpaired) electrons. The maximum Gasteiger partial charge on any atom is 0.263 e. The minimum Gasteiger partial charge on any atom is -0.349 e. The summed E-state index contributed by atoms with van der Waals surface area (Å²) in [6.45, 7) is 1.87. The lowest BCUT2D eigenvalue weighted by Crippen LogP contribution is -2.31. The molecule has 2 aromatic heterocycles. The van der Waals surface area contributed by atoms with Gasteiger partial charge in [-0.2, -0.15) is 0 Å². The first-order valence-electron chi connectivity index (χ1n) is 7.71. The van der Waals surface area contributed by atoms with Gasteiger partial charge < -0.3 is 9.47 Å². The van der Waals surface area contributed by atoms with E-state index in [1.807, 2.05) is 4.90 Å². The second-order valence-corrected chi connectivity index (χ2v) is 7.16. The van der Waals surface area contributed by atoms with Crippen molar-refractivity contribution in [1.82, 2.24) is 9.47 Å². The third-order valence-corrected chi connectivity index (χ3v) is 5.49. The van der Waals surface area contributed by atoms with Crippen molar-refractivity contribution in [3.05, 3.63) is 23.3 Å². The van der Waals surface area contributed by atoms with Gasteiger partial charge in [0.1, 0.15) is 0 Å². The van der Waals surface area contributed by atoms with Crippen molar-refractivity contribution in [3.8, 4) is 0 Å². The Morgan fingerprint density at radius 2 is 1.85 bits per heavy atom. The molecular formula is C16H20N2OS. The number of rotatable bonds is 2. The highest BCUT2D eigenvalue weighted by atomic mass is 32.1. The zero-order chi connectivity index (χ0) is 13.5. The lowest BCUT2D eigenvalue weighted by atomic mass is 10.2. The van der Waals surface area contributed by atoms with E-state index in [1.54, 1.807) is 11.3 Å². The van der Waals surface area contributed by atoms with Crippen LogP contribution in [0.25, 0.3) is 10.1 Å². The first-order chi connectivity index (χ1) is 9.81. The van der Waals surface area contributed by atoms with E-state index in [2.05, 4.69) is 23.0 Å². The van der Waals surface area contributed by atoms with E-state index < -0.39 is 0 Å². The number of aromatic nitrogens is 1. The zero-order valence-corrected chi connectivity index (χ0v) is 12.5. The molecule has 2 aromatic rings. The molecule has 0 bridgehead atoms. The minimum absolute atomic E-state index is 0.242. The van der Waals surface area contributed by atoms with Crippen molar-refractivity contribution in [2.75, 3.05) is 13.1 Å². The fourth-order valence-electron chi connectivity index (χ4n) is 3.07. The Kier molecular flexibility index (Phi) is 3.06. The number of thiophene rings is 1. The number of hydrogen-bond acceptors (Lipinski definition) is 2. The molecule has 2 aliphatic rings. The van der Waals surface area contributed by atoms with E-state index in [9.17, 15) is 4.79 Å². The standard InChI is InChI=1S/C16H20N2OS/c19-16(17-7-3-1-2-4-8-17)14-9-12-10-18(13-5-6-13)11-15(12)20-14/h9-11,13H,1-8H2. The SMILES string of the molecule is O=C(c1cc2cn(C3CC3)cc2s1)N1CCCCCC1. The molecule has 1 amide bonds. The Balaban J connectivity index is 1.57. The van der Waals surface area contributed by atoms with Crippen LogP contribution in [0.2, 0.25) is 0 Å². The van der Waals surface area contributed by atoms with Crippen molar-refractivity contribution in [2.24, 2.45) is 0 Å². The van der Waals surface area contributed by atoms with Crippen LogP contribution in [0.4, 0.5) is 0 Å². The Morgan fingerprint density at radius 1 is 1.10 bits per heavy atom. The molecular weight excluding hydrogens is 268 g/mol. The van der Waals surface area contributed by atoms with Gasteiger partial charge in [-0.25, -0.2) is 0 Å². The summed E-state index contributed by atoms with van der Waals surface area (Å²) in [5.74, 6) is 0.242. The summed E-state index contributed by atoms with van der Waals surface area (Å²) in [5.41, 5.74) is 0. The Labute approximate surface area is 123 Å². The van der Waals surface area contributed by atoms with E-state index >= 15 is 0 Å². The number of carbonyl (C=O) groups excluding carboxylic acids is 1. The predicted octanol–water partition coefficient (Wildman–Crippen LogP) is 4.05. The minimum atomic E-state index is 0.242. The molecule has 0 N–H and O–H groups in total. The summed E-state index contributed by atoms with van der Waals surface area (Å²) >= 11 is 1.66. The smallest absolute Gasteiger partial charge is 0.263 e. The van der Waals surface area contributed by atoms with Gasteiger partial charge in [-0.3, -0.25) is 4.79 Å². The van der Waals surface area contributed by atoms with Crippen LogP contribution in [0.3, 0.4) is 0 Å². The van der Waals surface area contributed by atoms with E-state index in [0.29, 0.717) is 0 Å². The fourth-order valence-corrected chi connectivity index (χ4v) is 4.12. The van der Waals surface area contributed by atoms with Crippen molar-refractivity contribution in [1.29, 1.82) is 0 Å². The maximum atomic E-state index is 12.6. The molecule has 4 heteroatoms. The molecule has 106 valence electrons. The second kappa shape index (κ2) is 4.92. The largest absolute Gasteiger partial charge is 0.349 e. The Bertz CT molecular complexity index is 598. The molecule has 3 heterocycles.